The second kappa shape index (κ2) is 6.74. The lowest BCUT2D eigenvalue weighted by Gasteiger charge is -2.22. The fourth-order valence-corrected chi connectivity index (χ4v) is 2.09. The highest BCUT2D eigenvalue weighted by molar-refractivity contribution is 5.22. The van der Waals surface area contributed by atoms with Crippen LogP contribution in [0.4, 0.5) is 0 Å². The summed E-state index contributed by atoms with van der Waals surface area (Å²) in [7, 11) is 0. The minimum atomic E-state index is 0.293. The van der Waals surface area contributed by atoms with Gasteiger partial charge in [-0.2, -0.15) is 0 Å². The van der Waals surface area contributed by atoms with E-state index in [9.17, 15) is 0 Å². The summed E-state index contributed by atoms with van der Waals surface area (Å²) in [6, 6.07) is 8.23. The Morgan fingerprint density at radius 3 is 2.94 bits per heavy atom. The molecule has 1 saturated heterocycles. The molecule has 94 valence electrons. The normalized spacial score (nSPS) is 20.4. The predicted octanol–water partition coefficient (Wildman–Crippen LogP) is 2.23. The monoisotopic (exact) mass is 235 g/mol. The highest BCUT2D eigenvalue weighted by Crippen LogP contribution is 2.13. The van der Waals surface area contributed by atoms with E-state index in [1.54, 1.807) is 0 Å². The zero-order chi connectivity index (χ0) is 11.9. The molecule has 1 aromatic carbocycles. The molecular formula is C14H21NO2. The van der Waals surface area contributed by atoms with Crippen molar-refractivity contribution in [1.29, 1.82) is 0 Å². The van der Waals surface area contributed by atoms with E-state index in [0.29, 0.717) is 25.9 Å². The molecule has 2 rings (SSSR count). The Labute approximate surface area is 103 Å². The van der Waals surface area contributed by atoms with E-state index in [1.807, 2.05) is 12.1 Å². The maximum Gasteiger partial charge on any atom is 0.0808 e. The van der Waals surface area contributed by atoms with Gasteiger partial charge in [0.1, 0.15) is 0 Å². The number of hydrogen-bond donors (Lipinski definition) is 1. The van der Waals surface area contributed by atoms with Crippen molar-refractivity contribution in [3.8, 4) is 0 Å². The molecule has 1 atom stereocenters. The lowest BCUT2D eigenvalue weighted by molar-refractivity contribution is -0.0447. The zero-order valence-corrected chi connectivity index (χ0v) is 10.2. The van der Waals surface area contributed by atoms with E-state index in [2.05, 4.69) is 12.1 Å². The van der Waals surface area contributed by atoms with Gasteiger partial charge in [0.05, 0.1) is 19.3 Å². The molecule has 1 unspecified atom stereocenters. The van der Waals surface area contributed by atoms with Crippen molar-refractivity contribution < 1.29 is 9.47 Å². The van der Waals surface area contributed by atoms with E-state index >= 15 is 0 Å². The lowest BCUT2D eigenvalue weighted by Crippen LogP contribution is -2.24. The SMILES string of the molecule is NCc1cccc(COCC2CCCCO2)c1. The molecule has 0 saturated carbocycles. The van der Waals surface area contributed by atoms with Crippen LogP contribution in [0.2, 0.25) is 0 Å². The van der Waals surface area contributed by atoms with Gasteiger partial charge in [0.15, 0.2) is 0 Å². The van der Waals surface area contributed by atoms with Gasteiger partial charge < -0.3 is 15.2 Å². The van der Waals surface area contributed by atoms with Gasteiger partial charge in [-0.15, -0.1) is 0 Å². The largest absolute Gasteiger partial charge is 0.376 e. The first-order valence-electron chi connectivity index (χ1n) is 6.35. The number of ether oxygens (including phenoxy) is 2. The van der Waals surface area contributed by atoms with Crippen molar-refractivity contribution in [2.45, 2.75) is 38.5 Å². The van der Waals surface area contributed by atoms with Gasteiger partial charge in [-0.25, -0.2) is 0 Å². The number of rotatable bonds is 5. The molecule has 0 bridgehead atoms. The Morgan fingerprint density at radius 2 is 2.18 bits per heavy atom. The van der Waals surface area contributed by atoms with Gasteiger partial charge in [0.2, 0.25) is 0 Å². The summed E-state index contributed by atoms with van der Waals surface area (Å²) in [6.07, 6.45) is 3.87. The van der Waals surface area contributed by atoms with Crippen LogP contribution in [0, 0.1) is 0 Å². The van der Waals surface area contributed by atoms with Gasteiger partial charge >= 0.3 is 0 Å². The summed E-state index contributed by atoms with van der Waals surface area (Å²) in [5.41, 5.74) is 7.94. The quantitative estimate of drug-likeness (QED) is 0.851. The second-order valence-corrected chi connectivity index (χ2v) is 4.53. The third kappa shape index (κ3) is 4.11. The van der Waals surface area contributed by atoms with Crippen LogP contribution in [0.3, 0.4) is 0 Å². The summed E-state index contributed by atoms with van der Waals surface area (Å²) in [5, 5.41) is 0. The Hall–Kier alpha value is -0.900. The highest BCUT2D eigenvalue weighted by atomic mass is 16.5. The molecule has 0 amide bonds. The van der Waals surface area contributed by atoms with Gasteiger partial charge in [0.25, 0.3) is 0 Å². The van der Waals surface area contributed by atoms with Gasteiger partial charge in [-0.3, -0.25) is 0 Å². The molecule has 1 heterocycles. The minimum absolute atomic E-state index is 0.293. The van der Waals surface area contributed by atoms with E-state index in [1.165, 1.54) is 18.4 Å². The standard InChI is InChI=1S/C14H21NO2/c15-9-12-4-3-5-13(8-12)10-16-11-14-6-1-2-7-17-14/h3-5,8,14H,1-2,6-7,9-11,15H2. The topological polar surface area (TPSA) is 44.5 Å². The van der Waals surface area contributed by atoms with E-state index in [4.69, 9.17) is 15.2 Å². The van der Waals surface area contributed by atoms with Crippen molar-refractivity contribution in [1.82, 2.24) is 0 Å². The molecule has 1 fully saturated rings. The van der Waals surface area contributed by atoms with Crippen LogP contribution in [0.1, 0.15) is 30.4 Å². The summed E-state index contributed by atoms with van der Waals surface area (Å²) in [4.78, 5) is 0. The molecule has 1 aromatic rings. The van der Waals surface area contributed by atoms with Crippen LogP contribution in [0.15, 0.2) is 24.3 Å². The smallest absolute Gasteiger partial charge is 0.0808 e. The average molecular weight is 235 g/mol. The Balaban J connectivity index is 1.73. The average Bonchev–Trinajstić information content (AvgIpc) is 2.40. The highest BCUT2D eigenvalue weighted by Gasteiger charge is 2.13. The van der Waals surface area contributed by atoms with Crippen LogP contribution < -0.4 is 5.73 Å². The van der Waals surface area contributed by atoms with Crippen molar-refractivity contribution >= 4 is 0 Å². The fourth-order valence-electron chi connectivity index (χ4n) is 2.09. The Kier molecular flexibility index (Phi) is 4.98. The lowest BCUT2D eigenvalue weighted by atomic mass is 10.1. The molecule has 3 heteroatoms. The van der Waals surface area contributed by atoms with Gasteiger partial charge in [0, 0.05) is 13.2 Å². The molecular weight excluding hydrogens is 214 g/mol. The van der Waals surface area contributed by atoms with E-state index in [-0.39, 0.29) is 0 Å². The Bertz CT molecular complexity index is 335. The summed E-state index contributed by atoms with van der Waals surface area (Å²) in [6.45, 7) is 2.82. The summed E-state index contributed by atoms with van der Waals surface area (Å²) in [5.74, 6) is 0. The molecule has 0 aliphatic carbocycles. The molecule has 2 N–H and O–H groups in total. The Morgan fingerprint density at radius 1 is 1.29 bits per heavy atom. The predicted molar refractivity (Wildman–Crippen MR) is 67.6 cm³/mol. The minimum Gasteiger partial charge on any atom is -0.376 e. The van der Waals surface area contributed by atoms with Crippen LogP contribution in [0.25, 0.3) is 0 Å². The number of nitrogens with two attached hydrogens (primary N) is 1. The first kappa shape index (κ1) is 12.6. The van der Waals surface area contributed by atoms with E-state index in [0.717, 1.165) is 18.6 Å². The molecule has 1 aliphatic rings. The first-order chi connectivity index (χ1) is 8.38. The summed E-state index contributed by atoms with van der Waals surface area (Å²) >= 11 is 0. The molecule has 0 radical (unpaired) electrons. The fraction of sp³-hybridized carbons (Fsp3) is 0.571. The summed E-state index contributed by atoms with van der Waals surface area (Å²) < 4.78 is 11.3. The third-order valence-corrected chi connectivity index (χ3v) is 3.07. The van der Waals surface area contributed by atoms with Gasteiger partial charge in [-0.1, -0.05) is 24.3 Å². The molecule has 1 aliphatic heterocycles. The second-order valence-electron chi connectivity index (χ2n) is 4.53. The van der Waals surface area contributed by atoms with Crippen LogP contribution >= 0.6 is 0 Å². The number of hydrogen-bond acceptors (Lipinski definition) is 3. The molecule has 3 nitrogen and oxygen atoms in total. The van der Waals surface area contributed by atoms with E-state index < -0.39 is 0 Å². The van der Waals surface area contributed by atoms with Crippen molar-refractivity contribution in [2.75, 3.05) is 13.2 Å². The maximum absolute atomic E-state index is 5.69. The zero-order valence-electron chi connectivity index (χ0n) is 10.2. The van der Waals surface area contributed by atoms with Gasteiger partial charge in [-0.05, 0) is 30.4 Å². The first-order valence-corrected chi connectivity index (χ1v) is 6.35. The number of benzene rings is 1. The van der Waals surface area contributed by atoms with Crippen molar-refractivity contribution in [3.05, 3.63) is 35.4 Å². The van der Waals surface area contributed by atoms with Crippen molar-refractivity contribution in [3.63, 3.8) is 0 Å². The molecule has 17 heavy (non-hydrogen) atoms. The van der Waals surface area contributed by atoms with Crippen LogP contribution in [-0.2, 0) is 22.6 Å². The molecule has 0 aromatic heterocycles. The third-order valence-electron chi connectivity index (χ3n) is 3.07. The maximum atomic E-state index is 5.69. The molecule has 0 spiro atoms. The van der Waals surface area contributed by atoms with Crippen LogP contribution in [-0.4, -0.2) is 19.3 Å². The van der Waals surface area contributed by atoms with Crippen LogP contribution in [0.5, 0.6) is 0 Å². The van der Waals surface area contributed by atoms with Crippen molar-refractivity contribution in [2.24, 2.45) is 5.73 Å².